The highest BCUT2D eigenvalue weighted by Gasteiger charge is 2.24. The standard InChI is InChI=1S/C16H16BrN3OS/c1-2-12-14(10-5-7-11(17)8-6-10)18-16-20(12)19-15(22-16)13-4-3-9-21-13/h5-8,13H,2-4,9H2,1H3. The number of hydrogen-bond acceptors (Lipinski definition) is 4. The van der Waals surface area contributed by atoms with Gasteiger partial charge in [-0.3, -0.25) is 0 Å². The molecule has 0 spiro atoms. The Hall–Kier alpha value is -1.24. The van der Waals surface area contributed by atoms with Gasteiger partial charge in [0.1, 0.15) is 11.1 Å². The third kappa shape index (κ3) is 2.39. The molecule has 22 heavy (non-hydrogen) atoms. The predicted molar refractivity (Wildman–Crippen MR) is 91.3 cm³/mol. The summed E-state index contributed by atoms with van der Waals surface area (Å²) in [4.78, 5) is 5.78. The first kappa shape index (κ1) is 14.4. The minimum atomic E-state index is 0.160. The highest BCUT2D eigenvalue weighted by molar-refractivity contribution is 9.10. The molecule has 0 aliphatic carbocycles. The Morgan fingerprint density at radius 1 is 1.36 bits per heavy atom. The lowest BCUT2D eigenvalue weighted by atomic mass is 10.1. The van der Waals surface area contributed by atoms with E-state index < -0.39 is 0 Å². The largest absolute Gasteiger partial charge is 0.371 e. The van der Waals surface area contributed by atoms with E-state index in [1.165, 1.54) is 0 Å². The Labute approximate surface area is 141 Å². The van der Waals surface area contributed by atoms with E-state index >= 15 is 0 Å². The van der Waals surface area contributed by atoms with Gasteiger partial charge >= 0.3 is 0 Å². The third-order valence-corrected chi connectivity index (χ3v) is 5.50. The summed E-state index contributed by atoms with van der Waals surface area (Å²) in [5.41, 5.74) is 3.34. The van der Waals surface area contributed by atoms with Crippen molar-refractivity contribution in [1.29, 1.82) is 0 Å². The molecule has 1 aliphatic rings. The number of rotatable bonds is 3. The first-order valence-corrected chi connectivity index (χ1v) is 9.13. The van der Waals surface area contributed by atoms with Gasteiger partial charge in [-0.2, -0.15) is 5.10 Å². The summed E-state index contributed by atoms with van der Waals surface area (Å²) in [7, 11) is 0. The number of aryl methyl sites for hydroxylation is 1. The fourth-order valence-electron chi connectivity index (χ4n) is 2.86. The zero-order valence-electron chi connectivity index (χ0n) is 12.3. The molecule has 1 saturated heterocycles. The molecule has 3 heterocycles. The van der Waals surface area contributed by atoms with Gasteiger partial charge in [-0.1, -0.05) is 46.3 Å². The first-order valence-electron chi connectivity index (χ1n) is 7.52. The monoisotopic (exact) mass is 377 g/mol. The molecule has 0 amide bonds. The maximum absolute atomic E-state index is 5.74. The minimum Gasteiger partial charge on any atom is -0.371 e. The topological polar surface area (TPSA) is 39.4 Å². The summed E-state index contributed by atoms with van der Waals surface area (Å²) in [5.74, 6) is 0. The molecular weight excluding hydrogens is 362 g/mol. The number of halogens is 1. The molecule has 114 valence electrons. The molecule has 4 nitrogen and oxygen atoms in total. The summed E-state index contributed by atoms with van der Waals surface area (Å²) in [6, 6.07) is 8.29. The van der Waals surface area contributed by atoms with Gasteiger partial charge in [-0.25, -0.2) is 9.50 Å². The van der Waals surface area contributed by atoms with Crippen LogP contribution in [0.1, 0.15) is 36.6 Å². The van der Waals surface area contributed by atoms with Crippen LogP contribution in [0.4, 0.5) is 0 Å². The van der Waals surface area contributed by atoms with Gasteiger partial charge in [0.25, 0.3) is 0 Å². The van der Waals surface area contributed by atoms with Crippen LogP contribution in [0.2, 0.25) is 0 Å². The molecule has 3 aromatic rings. The number of nitrogens with zero attached hydrogens (tertiary/aromatic N) is 3. The highest BCUT2D eigenvalue weighted by Crippen LogP contribution is 2.34. The molecule has 2 aromatic heterocycles. The lowest BCUT2D eigenvalue weighted by Crippen LogP contribution is -1.99. The molecule has 4 rings (SSSR count). The SMILES string of the molecule is CCc1c(-c2ccc(Br)cc2)nc2sc(C3CCCO3)nn12. The van der Waals surface area contributed by atoms with Gasteiger partial charge in [-0.15, -0.1) is 0 Å². The van der Waals surface area contributed by atoms with E-state index in [0.717, 1.165) is 57.3 Å². The minimum absolute atomic E-state index is 0.160. The van der Waals surface area contributed by atoms with Crippen molar-refractivity contribution in [2.24, 2.45) is 0 Å². The molecule has 1 atom stereocenters. The molecule has 1 aromatic carbocycles. The fraction of sp³-hybridized carbons (Fsp3) is 0.375. The predicted octanol–water partition coefficient (Wildman–Crippen LogP) is 4.63. The Morgan fingerprint density at radius 3 is 2.86 bits per heavy atom. The van der Waals surface area contributed by atoms with Crippen LogP contribution in [-0.4, -0.2) is 21.2 Å². The molecule has 1 aliphatic heterocycles. The number of hydrogen-bond donors (Lipinski definition) is 0. The van der Waals surface area contributed by atoms with Gasteiger partial charge in [0.2, 0.25) is 4.96 Å². The van der Waals surface area contributed by atoms with Crippen molar-refractivity contribution in [3.8, 4) is 11.3 Å². The normalized spacial score (nSPS) is 18.4. The number of aromatic nitrogens is 3. The highest BCUT2D eigenvalue weighted by atomic mass is 79.9. The van der Waals surface area contributed by atoms with E-state index in [9.17, 15) is 0 Å². The molecule has 0 radical (unpaired) electrons. The molecule has 1 unspecified atom stereocenters. The molecule has 0 saturated carbocycles. The van der Waals surface area contributed by atoms with Gasteiger partial charge in [0, 0.05) is 16.6 Å². The van der Waals surface area contributed by atoms with Crippen LogP contribution >= 0.6 is 27.3 Å². The van der Waals surface area contributed by atoms with Crippen molar-refractivity contribution in [3.05, 3.63) is 39.4 Å². The second-order valence-electron chi connectivity index (χ2n) is 5.40. The summed E-state index contributed by atoms with van der Waals surface area (Å²) in [6.45, 7) is 2.99. The van der Waals surface area contributed by atoms with E-state index in [4.69, 9.17) is 14.8 Å². The van der Waals surface area contributed by atoms with Crippen LogP contribution in [0.15, 0.2) is 28.7 Å². The van der Waals surface area contributed by atoms with E-state index in [1.807, 2.05) is 16.6 Å². The number of fused-ring (bicyclic) bond motifs is 1. The molecule has 6 heteroatoms. The van der Waals surface area contributed by atoms with Crippen molar-refractivity contribution < 1.29 is 4.74 Å². The van der Waals surface area contributed by atoms with Crippen molar-refractivity contribution in [1.82, 2.24) is 14.6 Å². The zero-order valence-corrected chi connectivity index (χ0v) is 14.7. The second kappa shape index (κ2) is 5.76. The van der Waals surface area contributed by atoms with Gasteiger partial charge in [0.05, 0.1) is 11.4 Å². The van der Waals surface area contributed by atoms with Crippen molar-refractivity contribution in [3.63, 3.8) is 0 Å². The number of benzene rings is 1. The average Bonchev–Trinajstić information content (AvgIpc) is 3.22. The van der Waals surface area contributed by atoms with Gasteiger partial charge in [0.15, 0.2) is 0 Å². The Kier molecular flexibility index (Phi) is 3.76. The lowest BCUT2D eigenvalue weighted by molar-refractivity contribution is 0.111. The summed E-state index contributed by atoms with van der Waals surface area (Å²) >= 11 is 5.13. The fourth-order valence-corrected chi connectivity index (χ4v) is 4.13. The Balaban J connectivity index is 1.79. The molecule has 0 bridgehead atoms. The van der Waals surface area contributed by atoms with Crippen LogP contribution in [0, 0.1) is 0 Å². The molecule has 0 N–H and O–H groups in total. The van der Waals surface area contributed by atoms with Crippen LogP contribution in [0.3, 0.4) is 0 Å². The smallest absolute Gasteiger partial charge is 0.213 e. The van der Waals surface area contributed by atoms with E-state index in [2.05, 4.69) is 35.0 Å². The van der Waals surface area contributed by atoms with Crippen LogP contribution < -0.4 is 0 Å². The zero-order chi connectivity index (χ0) is 15.1. The van der Waals surface area contributed by atoms with E-state index in [1.54, 1.807) is 11.3 Å². The first-order chi connectivity index (χ1) is 10.8. The lowest BCUT2D eigenvalue weighted by Gasteiger charge is -2.04. The van der Waals surface area contributed by atoms with Crippen molar-refractivity contribution >= 4 is 32.2 Å². The van der Waals surface area contributed by atoms with Gasteiger partial charge in [-0.05, 0) is 31.4 Å². The second-order valence-corrected chi connectivity index (χ2v) is 7.31. The average molecular weight is 378 g/mol. The Bertz CT molecular complexity index is 803. The van der Waals surface area contributed by atoms with E-state index in [-0.39, 0.29) is 6.10 Å². The third-order valence-electron chi connectivity index (χ3n) is 3.97. The Morgan fingerprint density at radius 2 is 2.18 bits per heavy atom. The van der Waals surface area contributed by atoms with Crippen LogP contribution in [0.5, 0.6) is 0 Å². The van der Waals surface area contributed by atoms with Crippen molar-refractivity contribution in [2.45, 2.75) is 32.3 Å². The number of ether oxygens (including phenoxy) is 1. The van der Waals surface area contributed by atoms with Crippen LogP contribution in [0.25, 0.3) is 16.2 Å². The maximum atomic E-state index is 5.74. The quantitative estimate of drug-likeness (QED) is 0.667. The summed E-state index contributed by atoms with van der Waals surface area (Å²) < 4.78 is 8.82. The molecule has 1 fully saturated rings. The summed E-state index contributed by atoms with van der Waals surface area (Å²) in [6.07, 6.45) is 3.25. The van der Waals surface area contributed by atoms with E-state index in [0.29, 0.717) is 0 Å². The van der Waals surface area contributed by atoms with Crippen molar-refractivity contribution in [2.75, 3.05) is 6.61 Å². The molecular formula is C16H16BrN3OS. The van der Waals surface area contributed by atoms with Crippen LogP contribution in [-0.2, 0) is 11.2 Å². The van der Waals surface area contributed by atoms with Gasteiger partial charge < -0.3 is 4.74 Å². The maximum Gasteiger partial charge on any atom is 0.213 e. The summed E-state index contributed by atoms with van der Waals surface area (Å²) in [5, 5.41) is 5.82. The number of imidazole rings is 1.